The van der Waals surface area contributed by atoms with Crippen molar-refractivity contribution < 1.29 is 23.1 Å². The number of anilines is 5. The van der Waals surface area contributed by atoms with Gasteiger partial charge in [0.15, 0.2) is 0 Å². The predicted octanol–water partition coefficient (Wildman–Crippen LogP) is 3.07. The second-order valence-electron chi connectivity index (χ2n) is 10.4. The Kier molecular flexibility index (Phi) is 7.04. The summed E-state index contributed by atoms with van der Waals surface area (Å²) in [5, 5.41) is 9.22. The number of H-pyrrole nitrogens is 1. The third-order valence-corrected chi connectivity index (χ3v) is 7.56. The van der Waals surface area contributed by atoms with Gasteiger partial charge in [-0.25, -0.2) is 18.6 Å². The van der Waals surface area contributed by atoms with Gasteiger partial charge in [-0.1, -0.05) is 0 Å². The minimum atomic E-state index is -2.79. The Bertz CT molecular complexity index is 1560. The molecule has 2 aromatic heterocycles. The molecule has 3 amide bonds. The number of aromatic nitrogens is 2. The van der Waals surface area contributed by atoms with Crippen molar-refractivity contribution in [3.8, 4) is 5.88 Å². The number of hydrogen-bond acceptors (Lipinski definition) is 8. The number of piperazine rings is 1. The lowest BCUT2D eigenvalue weighted by Crippen LogP contribution is -2.63. The Labute approximate surface area is 239 Å². The first-order valence-corrected chi connectivity index (χ1v) is 13.6. The fourth-order valence-electron chi connectivity index (χ4n) is 5.25. The molecule has 0 aliphatic carbocycles. The standard InChI is InChI=1S/C28H30F2N8O4/c1-17-21(14-33-26-23(17)31-8-13-42-26)35-20-6-7-32-24(39)22(20)25(40)34-18-2-4-19(5-3-18)36-9-11-37(12-10-36)27(41)38-15-28(29,30)16-38/h2-7,14,31H,8-13,15-16H2,1H3,(H,34,40)(H2,32,35,39). The van der Waals surface area contributed by atoms with Crippen LogP contribution in [0, 0.1) is 6.92 Å². The van der Waals surface area contributed by atoms with Crippen LogP contribution in [0.3, 0.4) is 0 Å². The number of aromatic amines is 1. The Morgan fingerprint density at radius 3 is 2.48 bits per heavy atom. The van der Waals surface area contributed by atoms with Crippen molar-refractivity contribution in [1.29, 1.82) is 0 Å². The van der Waals surface area contributed by atoms with E-state index in [0.717, 1.165) is 16.9 Å². The first-order valence-electron chi connectivity index (χ1n) is 13.6. The molecule has 14 heteroatoms. The van der Waals surface area contributed by atoms with Crippen LogP contribution in [0.4, 0.5) is 42.0 Å². The Balaban J connectivity index is 1.10. The summed E-state index contributed by atoms with van der Waals surface area (Å²) in [7, 11) is 0. The van der Waals surface area contributed by atoms with E-state index in [9.17, 15) is 23.2 Å². The third kappa shape index (κ3) is 5.39. The molecule has 3 aromatic rings. The first-order chi connectivity index (χ1) is 20.2. The highest BCUT2D eigenvalue weighted by atomic mass is 19.3. The summed E-state index contributed by atoms with van der Waals surface area (Å²) in [5.74, 6) is -2.86. The monoisotopic (exact) mass is 580 g/mol. The van der Waals surface area contributed by atoms with Gasteiger partial charge in [0.05, 0.1) is 30.7 Å². The number of nitrogens with zero attached hydrogens (tertiary/aromatic N) is 4. The summed E-state index contributed by atoms with van der Waals surface area (Å²) in [6.45, 7) is 3.96. The summed E-state index contributed by atoms with van der Waals surface area (Å²) in [6, 6.07) is 8.41. The number of nitrogens with one attached hydrogen (secondary N) is 4. The molecule has 0 saturated carbocycles. The number of carbonyl (C=O) groups excluding carboxylic acids is 2. The summed E-state index contributed by atoms with van der Waals surface area (Å²) in [4.78, 5) is 50.1. The third-order valence-electron chi connectivity index (χ3n) is 7.56. The maximum absolute atomic E-state index is 13.3. The number of alkyl halides is 2. The van der Waals surface area contributed by atoms with Crippen LogP contribution < -0.4 is 31.1 Å². The molecular weight excluding hydrogens is 550 g/mol. The van der Waals surface area contributed by atoms with E-state index in [0.29, 0.717) is 62.3 Å². The highest BCUT2D eigenvalue weighted by Gasteiger charge is 2.47. The van der Waals surface area contributed by atoms with Crippen LogP contribution in [0.15, 0.2) is 47.5 Å². The van der Waals surface area contributed by atoms with E-state index in [2.05, 4.69) is 30.8 Å². The molecule has 220 valence electrons. The van der Waals surface area contributed by atoms with Crippen LogP contribution in [0.1, 0.15) is 15.9 Å². The van der Waals surface area contributed by atoms with Gasteiger partial charge in [0.25, 0.3) is 17.4 Å². The van der Waals surface area contributed by atoms with E-state index in [1.165, 1.54) is 11.1 Å². The molecule has 3 aliphatic heterocycles. The van der Waals surface area contributed by atoms with Gasteiger partial charge in [-0.15, -0.1) is 0 Å². The van der Waals surface area contributed by atoms with E-state index in [1.807, 2.05) is 19.1 Å². The van der Waals surface area contributed by atoms with Gasteiger partial charge in [-0.2, -0.15) is 0 Å². The van der Waals surface area contributed by atoms with Crippen molar-refractivity contribution in [1.82, 2.24) is 19.8 Å². The summed E-state index contributed by atoms with van der Waals surface area (Å²) >= 11 is 0. The second-order valence-corrected chi connectivity index (χ2v) is 10.4. The molecule has 0 unspecified atom stereocenters. The number of hydrogen-bond donors (Lipinski definition) is 4. The highest BCUT2D eigenvalue weighted by Crippen LogP contribution is 2.34. The number of carbonyl (C=O) groups is 2. The maximum atomic E-state index is 13.3. The van der Waals surface area contributed by atoms with Crippen molar-refractivity contribution in [3.63, 3.8) is 0 Å². The topological polar surface area (TPSA) is 135 Å². The van der Waals surface area contributed by atoms with Crippen LogP contribution in [-0.2, 0) is 0 Å². The van der Waals surface area contributed by atoms with Gasteiger partial charge in [0, 0.05) is 55.9 Å². The fourth-order valence-corrected chi connectivity index (χ4v) is 5.25. The second kappa shape index (κ2) is 10.8. The number of halogens is 2. The smallest absolute Gasteiger partial charge is 0.320 e. The number of ether oxygens (including phenoxy) is 1. The molecule has 42 heavy (non-hydrogen) atoms. The van der Waals surface area contributed by atoms with Gasteiger partial charge in [-0.05, 0) is 37.3 Å². The van der Waals surface area contributed by atoms with Crippen molar-refractivity contribution in [2.45, 2.75) is 12.8 Å². The van der Waals surface area contributed by atoms with Crippen LogP contribution >= 0.6 is 0 Å². The van der Waals surface area contributed by atoms with Crippen LogP contribution in [0.2, 0.25) is 0 Å². The Morgan fingerprint density at radius 2 is 1.76 bits per heavy atom. The maximum Gasteiger partial charge on any atom is 0.320 e. The number of likely N-dealkylation sites (tertiary alicyclic amines) is 1. The van der Waals surface area contributed by atoms with Gasteiger partial charge in [-0.3, -0.25) is 9.59 Å². The highest BCUT2D eigenvalue weighted by molar-refractivity contribution is 6.08. The minimum Gasteiger partial charge on any atom is -0.474 e. The number of urea groups is 1. The molecule has 0 bridgehead atoms. The molecule has 4 N–H and O–H groups in total. The number of fused-ring (bicyclic) bond motifs is 1. The molecule has 12 nitrogen and oxygen atoms in total. The van der Waals surface area contributed by atoms with E-state index in [1.54, 1.807) is 29.3 Å². The number of amides is 3. The van der Waals surface area contributed by atoms with Gasteiger partial charge >= 0.3 is 6.03 Å². The average molecular weight is 581 g/mol. The zero-order valence-corrected chi connectivity index (χ0v) is 22.9. The lowest BCUT2D eigenvalue weighted by atomic mass is 10.1. The van der Waals surface area contributed by atoms with Crippen LogP contribution in [-0.4, -0.2) is 90.0 Å². The normalized spacial score (nSPS) is 17.4. The van der Waals surface area contributed by atoms with Crippen molar-refractivity contribution in [2.24, 2.45) is 0 Å². The summed E-state index contributed by atoms with van der Waals surface area (Å²) < 4.78 is 31.8. The SMILES string of the molecule is Cc1c(Nc2cc[nH]c(=O)c2C(=O)Nc2ccc(N3CCN(C(=O)N4CC(F)(F)C4)CC3)cc2)cnc2c1NCCO2. The molecule has 5 heterocycles. The molecule has 0 spiro atoms. The minimum absolute atomic E-state index is 0.0799. The molecule has 2 saturated heterocycles. The molecule has 0 atom stereocenters. The van der Waals surface area contributed by atoms with E-state index in [4.69, 9.17) is 4.74 Å². The van der Waals surface area contributed by atoms with Crippen molar-refractivity contribution >= 4 is 40.4 Å². The van der Waals surface area contributed by atoms with Crippen LogP contribution in [0.25, 0.3) is 0 Å². The Hall–Kier alpha value is -4.88. The molecule has 6 rings (SSSR count). The lowest BCUT2D eigenvalue weighted by Gasteiger charge is -2.44. The predicted molar refractivity (Wildman–Crippen MR) is 153 cm³/mol. The fraction of sp³-hybridized carbons (Fsp3) is 0.357. The number of rotatable bonds is 5. The first kappa shape index (κ1) is 27.3. The summed E-state index contributed by atoms with van der Waals surface area (Å²) in [6.07, 6.45) is 3.06. The van der Waals surface area contributed by atoms with E-state index < -0.39 is 30.5 Å². The lowest BCUT2D eigenvalue weighted by molar-refractivity contribution is -0.114. The molecule has 0 radical (unpaired) electrons. The average Bonchev–Trinajstić information content (AvgIpc) is 2.97. The van der Waals surface area contributed by atoms with Crippen molar-refractivity contribution in [3.05, 3.63) is 64.2 Å². The van der Waals surface area contributed by atoms with Gasteiger partial charge in [0.1, 0.15) is 17.9 Å². The zero-order valence-electron chi connectivity index (χ0n) is 22.9. The largest absolute Gasteiger partial charge is 0.474 e. The van der Waals surface area contributed by atoms with E-state index >= 15 is 0 Å². The van der Waals surface area contributed by atoms with Gasteiger partial charge < -0.3 is 40.4 Å². The molecule has 3 aliphatic rings. The molecule has 2 fully saturated rings. The van der Waals surface area contributed by atoms with Gasteiger partial charge in [0.2, 0.25) is 5.88 Å². The number of benzene rings is 1. The number of pyridine rings is 2. The van der Waals surface area contributed by atoms with E-state index in [-0.39, 0.29) is 11.6 Å². The zero-order chi connectivity index (χ0) is 29.4. The van der Waals surface area contributed by atoms with Crippen molar-refractivity contribution in [2.75, 3.05) is 73.3 Å². The Morgan fingerprint density at radius 1 is 1.02 bits per heavy atom. The molecule has 1 aromatic carbocycles. The quantitative estimate of drug-likeness (QED) is 0.362. The molecular formula is C28H30F2N8O4. The van der Waals surface area contributed by atoms with Crippen LogP contribution in [0.5, 0.6) is 5.88 Å². The summed E-state index contributed by atoms with van der Waals surface area (Å²) in [5.41, 5.74) is 3.31.